The molecule has 0 aliphatic carbocycles. The number of hydrogen-bond donors (Lipinski definition) is 4. The number of nitrogens with zero attached hydrogens (tertiary/aromatic N) is 4. The van der Waals surface area contributed by atoms with E-state index in [0.29, 0.717) is 42.0 Å². The van der Waals surface area contributed by atoms with Crippen molar-refractivity contribution >= 4 is 52.1 Å². The zero-order valence-electron chi connectivity index (χ0n) is 17.6. The van der Waals surface area contributed by atoms with Gasteiger partial charge in [0, 0.05) is 18.5 Å². The Morgan fingerprint density at radius 1 is 1.21 bits per heavy atom. The van der Waals surface area contributed by atoms with Crippen LogP contribution < -0.4 is 22.1 Å². The first-order valence-corrected chi connectivity index (χ1v) is 10.5. The Morgan fingerprint density at radius 3 is 2.70 bits per heavy atom. The van der Waals surface area contributed by atoms with Crippen molar-refractivity contribution in [2.75, 3.05) is 18.1 Å². The summed E-state index contributed by atoms with van der Waals surface area (Å²) in [5.41, 5.74) is 12.9. The third-order valence-electron chi connectivity index (χ3n) is 5.17. The molecule has 1 atom stereocenters. The maximum atomic E-state index is 12.6. The summed E-state index contributed by atoms with van der Waals surface area (Å²) in [7, 11) is 0. The van der Waals surface area contributed by atoms with Crippen LogP contribution in [0.5, 0.6) is 0 Å². The van der Waals surface area contributed by atoms with Crippen molar-refractivity contribution in [2.45, 2.75) is 32.5 Å². The van der Waals surface area contributed by atoms with Gasteiger partial charge in [-0.3, -0.25) is 9.59 Å². The number of ether oxygens (including phenoxy) is 1. The van der Waals surface area contributed by atoms with Gasteiger partial charge in [-0.05, 0) is 25.1 Å². The number of anilines is 2. The molecule has 4 rings (SSSR count). The lowest BCUT2D eigenvalue weighted by molar-refractivity contribution is -0.139. The smallest absolute Gasteiger partial charge is 0.328 e. The first kappa shape index (κ1) is 22.3. The summed E-state index contributed by atoms with van der Waals surface area (Å²) in [6.45, 7) is 2.81. The highest BCUT2D eigenvalue weighted by Gasteiger charge is 2.28. The summed E-state index contributed by atoms with van der Waals surface area (Å²) in [5, 5.41) is 5.26. The lowest BCUT2D eigenvalue weighted by Crippen LogP contribution is -2.37. The molecule has 1 unspecified atom stereocenters. The van der Waals surface area contributed by atoms with E-state index in [0.717, 1.165) is 0 Å². The minimum Gasteiger partial charge on any atom is -0.464 e. The fourth-order valence-corrected chi connectivity index (χ4v) is 3.65. The third kappa shape index (κ3) is 4.37. The summed E-state index contributed by atoms with van der Waals surface area (Å²) in [6, 6.07) is 4.38. The Balaban J connectivity index is 1.54. The third-order valence-corrected chi connectivity index (χ3v) is 5.45. The predicted molar refractivity (Wildman–Crippen MR) is 119 cm³/mol. The second-order valence-corrected chi connectivity index (χ2v) is 7.63. The summed E-state index contributed by atoms with van der Waals surface area (Å²) < 4.78 is 6.74. The molecule has 33 heavy (non-hydrogen) atoms. The number of rotatable bonds is 6. The molecule has 0 saturated carbocycles. The van der Waals surface area contributed by atoms with Gasteiger partial charge in [-0.25, -0.2) is 19.7 Å². The SMILES string of the molecule is CCn1c(CNC(=O)c2nc(Cl)c(N)nc2N)nc2ccc(C(=O)NC3CCOC3=O)cc21. The van der Waals surface area contributed by atoms with Gasteiger partial charge in [-0.1, -0.05) is 11.6 Å². The molecule has 1 saturated heterocycles. The van der Waals surface area contributed by atoms with E-state index in [-0.39, 0.29) is 34.9 Å². The highest BCUT2D eigenvalue weighted by atomic mass is 35.5. The number of nitrogens with two attached hydrogens (primary N) is 2. The van der Waals surface area contributed by atoms with Crippen LogP contribution in [0.15, 0.2) is 18.2 Å². The molecule has 13 heteroatoms. The van der Waals surface area contributed by atoms with Crippen LogP contribution in [0.1, 0.15) is 40.0 Å². The summed E-state index contributed by atoms with van der Waals surface area (Å²) in [6.07, 6.45) is 0.442. The normalized spacial score (nSPS) is 15.5. The summed E-state index contributed by atoms with van der Waals surface area (Å²) in [5.74, 6) is -1.04. The van der Waals surface area contributed by atoms with Crippen molar-refractivity contribution < 1.29 is 19.1 Å². The monoisotopic (exact) mass is 472 g/mol. The second-order valence-electron chi connectivity index (χ2n) is 7.27. The number of amides is 2. The highest BCUT2D eigenvalue weighted by molar-refractivity contribution is 6.31. The van der Waals surface area contributed by atoms with Gasteiger partial charge in [-0.2, -0.15) is 0 Å². The number of nitrogen functional groups attached to an aromatic ring is 2. The number of imidazole rings is 1. The molecule has 1 aliphatic heterocycles. The molecule has 1 fully saturated rings. The Labute approximate surface area is 192 Å². The molecular formula is C20H21ClN8O4. The van der Waals surface area contributed by atoms with Gasteiger partial charge in [-0.15, -0.1) is 0 Å². The number of aryl methyl sites for hydroxylation is 1. The van der Waals surface area contributed by atoms with Crippen LogP contribution in [0.3, 0.4) is 0 Å². The molecular weight excluding hydrogens is 452 g/mol. The zero-order chi connectivity index (χ0) is 23.7. The maximum absolute atomic E-state index is 12.6. The number of fused-ring (bicyclic) bond motifs is 1. The number of carbonyl (C=O) groups is 3. The Kier molecular flexibility index (Phi) is 6.01. The van der Waals surface area contributed by atoms with E-state index in [1.165, 1.54) is 0 Å². The Bertz CT molecular complexity index is 1270. The number of carbonyl (C=O) groups excluding carboxylic acids is 3. The highest BCUT2D eigenvalue weighted by Crippen LogP contribution is 2.20. The maximum Gasteiger partial charge on any atom is 0.328 e. The molecule has 3 heterocycles. The second kappa shape index (κ2) is 8.90. The molecule has 0 radical (unpaired) electrons. The fraction of sp³-hybridized carbons (Fsp3) is 0.300. The van der Waals surface area contributed by atoms with Gasteiger partial charge < -0.3 is 31.4 Å². The number of benzene rings is 1. The van der Waals surface area contributed by atoms with E-state index in [4.69, 9.17) is 27.8 Å². The van der Waals surface area contributed by atoms with Gasteiger partial charge in [0.1, 0.15) is 11.9 Å². The lowest BCUT2D eigenvalue weighted by Gasteiger charge is -2.10. The van der Waals surface area contributed by atoms with Crippen LogP contribution in [0.25, 0.3) is 11.0 Å². The van der Waals surface area contributed by atoms with E-state index in [2.05, 4.69) is 25.6 Å². The number of halogens is 1. The minimum absolute atomic E-state index is 0.0665. The van der Waals surface area contributed by atoms with Crippen LogP contribution in [0.2, 0.25) is 5.15 Å². The first-order valence-electron chi connectivity index (χ1n) is 10.1. The van der Waals surface area contributed by atoms with E-state index in [1.807, 2.05) is 11.5 Å². The number of hydrogen-bond acceptors (Lipinski definition) is 9. The molecule has 0 bridgehead atoms. The molecule has 2 aromatic heterocycles. The summed E-state index contributed by atoms with van der Waals surface area (Å²) >= 11 is 5.84. The van der Waals surface area contributed by atoms with Crippen molar-refractivity contribution in [1.29, 1.82) is 0 Å². The van der Waals surface area contributed by atoms with Crippen LogP contribution in [0, 0.1) is 0 Å². The molecule has 6 N–H and O–H groups in total. The van der Waals surface area contributed by atoms with Gasteiger partial charge in [0.2, 0.25) is 0 Å². The van der Waals surface area contributed by atoms with Crippen molar-refractivity contribution in [3.8, 4) is 0 Å². The zero-order valence-corrected chi connectivity index (χ0v) is 18.3. The topological polar surface area (TPSA) is 180 Å². The van der Waals surface area contributed by atoms with E-state index < -0.39 is 17.9 Å². The first-order chi connectivity index (χ1) is 15.8. The van der Waals surface area contributed by atoms with Crippen molar-refractivity contribution in [3.63, 3.8) is 0 Å². The van der Waals surface area contributed by atoms with E-state index in [9.17, 15) is 14.4 Å². The van der Waals surface area contributed by atoms with Gasteiger partial charge in [0.15, 0.2) is 22.5 Å². The molecule has 172 valence electrons. The fourth-order valence-electron chi connectivity index (χ4n) is 3.52. The van der Waals surface area contributed by atoms with Crippen LogP contribution in [-0.4, -0.2) is 50.0 Å². The molecule has 1 aliphatic rings. The Morgan fingerprint density at radius 2 is 2.00 bits per heavy atom. The number of cyclic esters (lactones) is 1. The quantitative estimate of drug-likeness (QED) is 0.374. The molecule has 12 nitrogen and oxygen atoms in total. The number of esters is 1. The molecule has 0 spiro atoms. The van der Waals surface area contributed by atoms with Gasteiger partial charge in [0.05, 0.1) is 24.2 Å². The summed E-state index contributed by atoms with van der Waals surface area (Å²) in [4.78, 5) is 49.0. The van der Waals surface area contributed by atoms with Crippen molar-refractivity contribution in [3.05, 3.63) is 40.4 Å². The molecule has 3 aromatic rings. The van der Waals surface area contributed by atoms with Crippen molar-refractivity contribution in [1.82, 2.24) is 30.2 Å². The molecule has 2 amide bonds. The standard InChI is InChI=1S/C20H21ClN8O4/c1-2-29-12-7-9(18(30)26-11-5-6-33-20(11)32)3-4-10(12)25-13(29)8-24-19(31)14-16(22)28-17(23)15(21)27-14/h3-4,7,11H,2,5-6,8H2,1H3,(H,24,31)(H,26,30)(H4,22,23,28). The van der Waals surface area contributed by atoms with Crippen molar-refractivity contribution in [2.24, 2.45) is 0 Å². The average Bonchev–Trinajstić information content (AvgIpc) is 3.36. The largest absolute Gasteiger partial charge is 0.464 e. The van der Waals surface area contributed by atoms with Crippen LogP contribution >= 0.6 is 11.6 Å². The van der Waals surface area contributed by atoms with Gasteiger partial charge in [0.25, 0.3) is 11.8 Å². The predicted octanol–water partition coefficient (Wildman–Crippen LogP) is 0.639. The number of aromatic nitrogens is 4. The van der Waals surface area contributed by atoms with Crippen LogP contribution in [-0.2, 0) is 22.6 Å². The van der Waals surface area contributed by atoms with Crippen LogP contribution in [0.4, 0.5) is 11.6 Å². The molecule has 1 aromatic carbocycles. The minimum atomic E-state index is -0.646. The van der Waals surface area contributed by atoms with E-state index >= 15 is 0 Å². The lowest BCUT2D eigenvalue weighted by atomic mass is 10.1. The number of nitrogens with one attached hydrogen (secondary N) is 2. The van der Waals surface area contributed by atoms with Gasteiger partial charge >= 0.3 is 5.97 Å². The Hall–Kier alpha value is -3.93. The van der Waals surface area contributed by atoms with E-state index in [1.54, 1.807) is 18.2 Å². The average molecular weight is 473 g/mol.